The van der Waals surface area contributed by atoms with Crippen LogP contribution in [0.3, 0.4) is 0 Å². The molecule has 0 saturated carbocycles. The van der Waals surface area contributed by atoms with E-state index in [1.807, 2.05) is 6.07 Å². The van der Waals surface area contributed by atoms with Gasteiger partial charge in [-0.05, 0) is 16.2 Å². The Kier molecular flexibility index (Phi) is 1.39. The number of hydrogen-bond donors (Lipinski definition) is 0. The van der Waals surface area contributed by atoms with E-state index in [0.29, 0.717) is 0 Å². The van der Waals surface area contributed by atoms with Crippen LogP contribution in [0.2, 0.25) is 0 Å². The van der Waals surface area contributed by atoms with Crippen LogP contribution >= 0.6 is 0 Å². The van der Waals surface area contributed by atoms with E-state index in [9.17, 15) is 0 Å². The van der Waals surface area contributed by atoms with Crippen LogP contribution in [0.25, 0.3) is 32.3 Å². The van der Waals surface area contributed by atoms with Crippen molar-refractivity contribution in [1.82, 2.24) is 0 Å². The summed E-state index contributed by atoms with van der Waals surface area (Å²) in [7, 11) is 0. The molecule has 0 amide bonds. The maximum absolute atomic E-state index is 3.31. The normalized spacial score (nSPS) is 11.8. The van der Waals surface area contributed by atoms with E-state index in [4.69, 9.17) is 0 Å². The van der Waals surface area contributed by atoms with Gasteiger partial charge in [0, 0.05) is 0 Å². The van der Waals surface area contributed by atoms with Crippen LogP contribution in [0.4, 0.5) is 0 Å². The highest BCUT2D eigenvalue weighted by Crippen LogP contribution is 2.33. The molecule has 16 heavy (non-hydrogen) atoms. The molecule has 0 radical (unpaired) electrons. The van der Waals surface area contributed by atoms with Crippen molar-refractivity contribution in [3.63, 3.8) is 0 Å². The SMILES string of the molecule is [c-]1ccc2ccc3cccc4ccc1c2c43. The Morgan fingerprint density at radius 1 is 0.625 bits per heavy atom. The van der Waals surface area contributed by atoms with Gasteiger partial charge in [0.05, 0.1) is 0 Å². The molecule has 0 aromatic heterocycles. The molecule has 0 unspecified atom stereocenters. The molecule has 0 atom stereocenters. The van der Waals surface area contributed by atoms with Crippen molar-refractivity contribution in [3.8, 4) is 0 Å². The molecule has 0 saturated heterocycles. The van der Waals surface area contributed by atoms with Gasteiger partial charge in [-0.15, -0.1) is 35.0 Å². The zero-order valence-electron chi connectivity index (χ0n) is 8.70. The van der Waals surface area contributed by atoms with Crippen molar-refractivity contribution in [2.75, 3.05) is 0 Å². The average Bonchev–Trinajstić information content (AvgIpc) is 2.36. The highest BCUT2D eigenvalue weighted by atomic mass is 14.1. The molecule has 4 rings (SSSR count). The Labute approximate surface area is 93.5 Å². The zero-order chi connectivity index (χ0) is 10.5. The lowest BCUT2D eigenvalue weighted by Gasteiger charge is -2.15. The van der Waals surface area contributed by atoms with Crippen LogP contribution in [-0.4, -0.2) is 0 Å². The lowest BCUT2D eigenvalue weighted by Crippen LogP contribution is -1.82. The predicted octanol–water partition coefficient (Wildman–Crippen LogP) is 4.38. The summed E-state index contributed by atoms with van der Waals surface area (Å²) in [5.41, 5.74) is 0. The summed E-state index contributed by atoms with van der Waals surface area (Å²) in [5, 5.41) is 7.86. The second kappa shape index (κ2) is 2.73. The maximum atomic E-state index is 3.31. The lowest BCUT2D eigenvalue weighted by atomic mass is 9.95. The highest BCUT2D eigenvalue weighted by Gasteiger charge is 2.00. The van der Waals surface area contributed by atoms with Crippen LogP contribution in [0.15, 0.2) is 54.6 Å². The minimum absolute atomic E-state index is 1.21. The van der Waals surface area contributed by atoms with Gasteiger partial charge in [0.2, 0.25) is 0 Å². The zero-order valence-corrected chi connectivity index (χ0v) is 8.70. The molecule has 4 aromatic carbocycles. The average molecular weight is 201 g/mol. The fourth-order valence-corrected chi connectivity index (χ4v) is 2.59. The molecule has 0 aliphatic carbocycles. The van der Waals surface area contributed by atoms with Gasteiger partial charge in [0.15, 0.2) is 0 Å². The van der Waals surface area contributed by atoms with E-state index in [-0.39, 0.29) is 0 Å². The quantitative estimate of drug-likeness (QED) is 0.292. The molecule has 0 heteroatoms. The molecular weight excluding hydrogens is 192 g/mol. The summed E-state index contributed by atoms with van der Waals surface area (Å²) in [5.74, 6) is 0. The van der Waals surface area contributed by atoms with Crippen molar-refractivity contribution in [1.29, 1.82) is 0 Å². The third-order valence-electron chi connectivity index (χ3n) is 3.31. The molecule has 0 bridgehead atoms. The third kappa shape index (κ3) is 0.892. The molecule has 0 spiro atoms. The predicted molar refractivity (Wildman–Crippen MR) is 69.0 cm³/mol. The first-order chi connectivity index (χ1) is 7.93. The molecule has 74 valence electrons. The fraction of sp³-hybridized carbons (Fsp3) is 0. The smallest absolute Gasteiger partial charge is 0.0266 e. The van der Waals surface area contributed by atoms with Gasteiger partial charge in [-0.2, -0.15) is 0 Å². The largest absolute Gasteiger partial charge is 0.146 e. The summed E-state index contributed by atoms with van der Waals surface area (Å²) in [6.45, 7) is 0. The van der Waals surface area contributed by atoms with E-state index in [1.54, 1.807) is 0 Å². The minimum atomic E-state index is 1.21. The van der Waals surface area contributed by atoms with Gasteiger partial charge in [-0.3, -0.25) is 0 Å². The fourth-order valence-electron chi connectivity index (χ4n) is 2.59. The standard InChI is InChI=1S/C16H9/c1-3-11-7-9-13-5-2-6-14-10-8-12(4-1)15(11)16(13)14/h1-5,7-10H/q-1. The number of rotatable bonds is 0. The number of hydrogen-bond acceptors (Lipinski definition) is 0. The lowest BCUT2D eigenvalue weighted by molar-refractivity contribution is 1.77. The molecule has 4 aromatic rings. The summed E-state index contributed by atoms with van der Waals surface area (Å²) >= 11 is 0. The van der Waals surface area contributed by atoms with Gasteiger partial charge in [-0.1, -0.05) is 41.8 Å². The molecule has 0 nitrogen and oxygen atoms in total. The monoisotopic (exact) mass is 201 g/mol. The summed E-state index contributed by atoms with van der Waals surface area (Å²) in [6, 6.07) is 22.6. The van der Waals surface area contributed by atoms with E-state index in [0.717, 1.165) is 0 Å². The first-order valence-corrected chi connectivity index (χ1v) is 5.48. The Bertz CT molecular complexity index is 667. The molecule has 0 heterocycles. The molecule has 0 N–H and O–H groups in total. The summed E-state index contributed by atoms with van der Waals surface area (Å²) in [6.07, 6.45) is 0. The van der Waals surface area contributed by atoms with Crippen LogP contribution in [0.1, 0.15) is 0 Å². The minimum Gasteiger partial charge on any atom is -0.146 e. The molecular formula is C16H9-. The number of benzene rings is 4. The Balaban J connectivity index is 2.51. The van der Waals surface area contributed by atoms with Crippen molar-refractivity contribution in [3.05, 3.63) is 60.7 Å². The van der Waals surface area contributed by atoms with Crippen LogP contribution in [0.5, 0.6) is 0 Å². The van der Waals surface area contributed by atoms with Crippen LogP contribution in [0, 0.1) is 6.07 Å². The molecule has 0 fully saturated rings. The van der Waals surface area contributed by atoms with Crippen molar-refractivity contribution in [2.45, 2.75) is 0 Å². The van der Waals surface area contributed by atoms with Gasteiger partial charge in [0.1, 0.15) is 0 Å². The van der Waals surface area contributed by atoms with E-state index in [2.05, 4.69) is 54.6 Å². The second-order valence-corrected chi connectivity index (χ2v) is 4.20. The molecule has 0 aliphatic heterocycles. The second-order valence-electron chi connectivity index (χ2n) is 4.20. The molecule has 0 aliphatic rings. The van der Waals surface area contributed by atoms with Crippen molar-refractivity contribution < 1.29 is 0 Å². The Morgan fingerprint density at radius 3 is 2.12 bits per heavy atom. The summed E-state index contributed by atoms with van der Waals surface area (Å²) < 4.78 is 0. The van der Waals surface area contributed by atoms with Crippen molar-refractivity contribution >= 4 is 32.3 Å². The van der Waals surface area contributed by atoms with E-state index < -0.39 is 0 Å². The maximum Gasteiger partial charge on any atom is -0.0266 e. The van der Waals surface area contributed by atoms with Crippen LogP contribution in [-0.2, 0) is 0 Å². The Hall–Kier alpha value is -2.08. The van der Waals surface area contributed by atoms with E-state index in [1.165, 1.54) is 32.3 Å². The Morgan fingerprint density at radius 2 is 1.31 bits per heavy atom. The first kappa shape index (κ1) is 8.12. The first-order valence-electron chi connectivity index (χ1n) is 5.48. The topological polar surface area (TPSA) is 0 Å². The van der Waals surface area contributed by atoms with Crippen LogP contribution < -0.4 is 0 Å². The van der Waals surface area contributed by atoms with Gasteiger partial charge >= 0.3 is 0 Å². The van der Waals surface area contributed by atoms with Gasteiger partial charge < -0.3 is 0 Å². The highest BCUT2D eigenvalue weighted by molar-refractivity contribution is 6.22. The van der Waals surface area contributed by atoms with Gasteiger partial charge in [-0.25, -0.2) is 0 Å². The third-order valence-corrected chi connectivity index (χ3v) is 3.31. The van der Waals surface area contributed by atoms with Crippen molar-refractivity contribution in [2.24, 2.45) is 0 Å². The van der Waals surface area contributed by atoms with E-state index >= 15 is 0 Å². The van der Waals surface area contributed by atoms with Gasteiger partial charge in [0.25, 0.3) is 0 Å². The summed E-state index contributed by atoms with van der Waals surface area (Å²) in [4.78, 5) is 0.